The highest BCUT2D eigenvalue weighted by atomic mass is 35.5. The van der Waals surface area contributed by atoms with E-state index in [4.69, 9.17) is 10.5 Å². The van der Waals surface area contributed by atoms with Crippen molar-refractivity contribution in [1.29, 1.82) is 0 Å². The third kappa shape index (κ3) is 6.09. The SMILES string of the molecule is COCC(N)C(=O)Nc1cccc(Cn2nc(C)nc2C)c1.Cl.Cl. The minimum atomic E-state index is -0.686. The van der Waals surface area contributed by atoms with E-state index in [0.29, 0.717) is 12.2 Å². The molecule has 24 heavy (non-hydrogen) atoms. The van der Waals surface area contributed by atoms with Crippen LogP contribution in [-0.4, -0.2) is 40.4 Å². The summed E-state index contributed by atoms with van der Waals surface area (Å²) in [4.78, 5) is 16.2. The maximum Gasteiger partial charge on any atom is 0.243 e. The number of anilines is 1. The average molecular weight is 376 g/mol. The maximum atomic E-state index is 11.9. The Morgan fingerprint density at radius 2 is 2.08 bits per heavy atom. The number of benzene rings is 1. The third-order valence-corrected chi connectivity index (χ3v) is 3.17. The van der Waals surface area contributed by atoms with Crippen LogP contribution in [0, 0.1) is 13.8 Å². The first-order chi connectivity index (χ1) is 10.5. The van der Waals surface area contributed by atoms with Gasteiger partial charge in [-0.1, -0.05) is 12.1 Å². The van der Waals surface area contributed by atoms with Crippen LogP contribution in [0.1, 0.15) is 17.2 Å². The number of carbonyl (C=O) groups excluding carboxylic acids is 1. The summed E-state index contributed by atoms with van der Waals surface area (Å²) >= 11 is 0. The van der Waals surface area contributed by atoms with E-state index in [1.165, 1.54) is 7.11 Å². The largest absolute Gasteiger partial charge is 0.383 e. The van der Waals surface area contributed by atoms with Crippen molar-refractivity contribution in [1.82, 2.24) is 14.8 Å². The molecule has 1 heterocycles. The van der Waals surface area contributed by atoms with Crippen molar-refractivity contribution in [2.45, 2.75) is 26.4 Å². The Morgan fingerprint density at radius 3 is 2.67 bits per heavy atom. The van der Waals surface area contributed by atoms with Crippen molar-refractivity contribution in [3.63, 3.8) is 0 Å². The van der Waals surface area contributed by atoms with Crippen LogP contribution in [-0.2, 0) is 16.1 Å². The zero-order valence-corrected chi connectivity index (χ0v) is 15.5. The Hall–Kier alpha value is -1.67. The highest BCUT2D eigenvalue weighted by Crippen LogP contribution is 2.13. The van der Waals surface area contributed by atoms with Gasteiger partial charge < -0.3 is 15.8 Å². The molecule has 7 nitrogen and oxygen atoms in total. The smallest absolute Gasteiger partial charge is 0.243 e. The standard InChI is InChI=1S/C15H21N5O2.2ClH/c1-10-17-11(2)20(19-10)8-12-5-4-6-13(7-12)18-15(21)14(16)9-22-3;;/h4-7,14H,8-9,16H2,1-3H3,(H,18,21);2*1H. The lowest BCUT2D eigenvalue weighted by molar-refractivity contribution is -0.118. The van der Waals surface area contributed by atoms with Crippen LogP contribution in [0.4, 0.5) is 5.69 Å². The number of aryl methyl sites for hydroxylation is 2. The lowest BCUT2D eigenvalue weighted by Crippen LogP contribution is -2.39. The van der Waals surface area contributed by atoms with E-state index < -0.39 is 6.04 Å². The van der Waals surface area contributed by atoms with Crippen molar-refractivity contribution in [3.8, 4) is 0 Å². The Morgan fingerprint density at radius 1 is 1.38 bits per heavy atom. The Kier molecular flexibility index (Phi) is 9.53. The van der Waals surface area contributed by atoms with Crippen LogP contribution in [0.2, 0.25) is 0 Å². The molecule has 1 amide bonds. The van der Waals surface area contributed by atoms with Gasteiger partial charge in [-0.15, -0.1) is 24.8 Å². The van der Waals surface area contributed by atoms with Crippen LogP contribution in [0.5, 0.6) is 0 Å². The quantitative estimate of drug-likeness (QED) is 0.800. The lowest BCUT2D eigenvalue weighted by Gasteiger charge is -2.12. The molecule has 0 bridgehead atoms. The molecule has 3 N–H and O–H groups in total. The lowest BCUT2D eigenvalue weighted by atomic mass is 10.2. The van der Waals surface area contributed by atoms with E-state index in [-0.39, 0.29) is 37.3 Å². The topological polar surface area (TPSA) is 95.1 Å². The molecule has 1 aromatic heterocycles. The van der Waals surface area contributed by atoms with Gasteiger partial charge in [-0.3, -0.25) is 4.79 Å². The molecule has 2 rings (SSSR count). The number of hydrogen-bond donors (Lipinski definition) is 2. The van der Waals surface area contributed by atoms with Gasteiger partial charge in [0.2, 0.25) is 5.91 Å². The number of methoxy groups -OCH3 is 1. The number of nitrogens with zero attached hydrogens (tertiary/aromatic N) is 3. The predicted molar refractivity (Wildman–Crippen MR) is 98.0 cm³/mol. The highest BCUT2D eigenvalue weighted by Gasteiger charge is 2.13. The molecule has 0 saturated heterocycles. The fraction of sp³-hybridized carbons (Fsp3) is 0.400. The molecule has 0 aliphatic rings. The van der Waals surface area contributed by atoms with Crippen molar-refractivity contribution in [3.05, 3.63) is 41.5 Å². The van der Waals surface area contributed by atoms with Gasteiger partial charge in [0, 0.05) is 12.8 Å². The molecule has 0 aliphatic carbocycles. The van der Waals surface area contributed by atoms with Crippen LogP contribution < -0.4 is 11.1 Å². The van der Waals surface area contributed by atoms with Crippen molar-refractivity contribution in [2.24, 2.45) is 5.73 Å². The molecule has 0 spiro atoms. The second kappa shape index (κ2) is 10.2. The molecule has 0 saturated carbocycles. The number of amides is 1. The Balaban J connectivity index is 0.00000264. The number of rotatable bonds is 6. The fourth-order valence-electron chi connectivity index (χ4n) is 2.12. The van der Waals surface area contributed by atoms with Crippen molar-refractivity contribution in [2.75, 3.05) is 19.0 Å². The number of hydrogen-bond acceptors (Lipinski definition) is 5. The van der Waals surface area contributed by atoms with Crippen molar-refractivity contribution < 1.29 is 9.53 Å². The van der Waals surface area contributed by atoms with Gasteiger partial charge in [0.1, 0.15) is 17.7 Å². The first kappa shape index (κ1) is 22.3. The van der Waals surface area contributed by atoms with Crippen LogP contribution in [0.25, 0.3) is 0 Å². The normalized spacial score (nSPS) is 11.2. The van der Waals surface area contributed by atoms with E-state index in [0.717, 1.165) is 17.2 Å². The summed E-state index contributed by atoms with van der Waals surface area (Å²) in [6, 6.07) is 6.88. The molecule has 0 aliphatic heterocycles. The third-order valence-electron chi connectivity index (χ3n) is 3.17. The van der Waals surface area contributed by atoms with Gasteiger partial charge in [-0.25, -0.2) is 9.67 Å². The molecule has 0 fully saturated rings. The van der Waals surface area contributed by atoms with Gasteiger partial charge >= 0.3 is 0 Å². The second-order valence-electron chi connectivity index (χ2n) is 5.12. The van der Waals surface area contributed by atoms with E-state index >= 15 is 0 Å². The average Bonchev–Trinajstić information content (AvgIpc) is 2.77. The van der Waals surface area contributed by atoms with E-state index in [1.807, 2.05) is 42.8 Å². The number of nitrogens with one attached hydrogen (secondary N) is 1. The summed E-state index contributed by atoms with van der Waals surface area (Å²) < 4.78 is 6.70. The fourth-order valence-corrected chi connectivity index (χ4v) is 2.12. The number of ether oxygens (including phenoxy) is 1. The first-order valence-corrected chi connectivity index (χ1v) is 7.02. The molecule has 2 aromatic rings. The van der Waals surface area contributed by atoms with Gasteiger partial charge in [-0.05, 0) is 31.5 Å². The Bertz CT molecular complexity index is 663. The monoisotopic (exact) mass is 375 g/mol. The maximum absolute atomic E-state index is 11.9. The van der Waals surface area contributed by atoms with Crippen molar-refractivity contribution >= 4 is 36.4 Å². The summed E-state index contributed by atoms with van der Waals surface area (Å²) in [6.45, 7) is 4.55. The zero-order chi connectivity index (χ0) is 16.1. The highest BCUT2D eigenvalue weighted by molar-refractivity contribution is 5.94. The van der Waals surface area contributed by atoms with Gasteiger partial charge in [0.25, 0.3) is 0 Å². The molecule has 1 unspecified atom stereocenters. The van der Waals surface area contributed by atoms with E-state index in [1.54, 1.807) is 0 Å². The summed E-state index contributed by atoms with van der Waals surface area (Å²) in [5, 5.41) is 7.11. The molecule has 9 heteroatoms. The number of carbonyl (C=O) groups is 1. The number of aromatic nitrogens is 3. The summed E-state index contributed by atoms with van der Waals surface area (Å²) in [5.41, 5.74) is 7.42. The summed E-state index contributed by atoms with van der Waals surface area (Å²) in [7, 11) is 1.51. The van der Waals surface area contributed by atoms with Gasteiger partial charge in [0.15, 0.2) is 0 Å². The van der Waals surface area contributed by atoms with Crippen LogP contribution >= 0.6 is 24.8 Å². The molecule has 1 atom stereocenters. The number of nitrogens with two attached hydrogens (primary N) is 1. The zero-order valence-electron chi connectivity index (χ0n) is 13.9. The van der Waals surface area contributed by atoms with Crippen LogP contribution in [0.15, 0.2) is 24.3 Å². The Labute approximate surface area is 153 Å². The van der Waals surface area contributed by atoms with Crippen LogP contribution in [0.3, 0.4) is 0 Å². The van der Waals surface area contributed by atoms with E-state index in [9.17, 15) is 4.79 Å². The first-order valence-electron chi connectivity index (χ1n) is 7.02. The molecule has 0 radical (unpaired) electrons. The summed E-state index contributed by atoms with van der Waals surface area (Å²) in [5.74, 6) is 1.33. The molecular weight excluding hydrogens is 353 g/mol. The minimum Gasteiger partial charge on any atom is -0.383 e. The second-order valence-corrected chi connectivity index (χ2v) is 5.12. The van der Waals surface area contributed by atoms with E-state index in [2.05, 4.69) is 15.4 Å². The predicted octanol–water partition coefficient (Wildman–Crippen LogP) is 1.70. The molecular formula is C15H23Cl2N5O2. The van der Waals surface area contributed by atoms with Gasteiger partial charge in [0.05, 0.1) is 13.2 Å². The molecule has 134 valence electrons. The summed E-state index contributed by atoms with van der Waals surface area (Å²) in [6.07, 6.45) is 0. The molecule has 1 aromatic carbocycles. The number of halogens is 2. The minimum absolute atomic E-state index is 0. The van der Waals surface area contributed by atoms with Gasteiger partial charge in [-0.2, -0.15) is 5.10 Å².